The first-order valence-corrected chi connectivity index (χ1v) is 7.23. The van der Waals surface area contributed by atoms with Crippen LogP contribution in [-0.2, 0) is 11.2 Å². The standard InChI is InChI=1S/C18H20FNO/c1-3-13(2)16-9-4-5-10-17(16)20-18(21)12-14-7-6-8-15(19)11-14/h4-11,13H,3,12H2,1-2H3,(H,20,21)/t13-/m0/s1. The molecule has 2 nitrogen and oxygen atoms in total. The van der Waals surface area contributed by atoms with Crippen LogP contribution in [0.5, 0.6) is 0 Å². The van der Waals surface area contributed by atoms with E-state index in [1.54, 1.807) is 12.1 Å². The van der Waals surface area contributed by atoms with Gasteiger partial charge in [0.15, 0.2) is 0 Å². The molecule has 0 aliphatic rings. The Morgan fingerprint density at radius 2 is 1.95 bits per heavy atom. The Labute approximate surface area is 125 Å². The van der Waals surface area contributed by atoms with Gasteiger partial charge in [-0.2, -0.15) is 0 Å². The van der Waals surface area contributed by atoms with E-state index in [4.69, 9.17) is 0 Å². The van der Waals surface area contributed by atoms with Crippen LogP contribution in [0.1, 0.15) is 37.3 Å². The minimum atomic E-state index is -0.319. The van der Waals surface area contributed by atoms with E-state index in [-0.39, 0.29) is 18.1 Å². The molecule has 0 unspecified atom stereocenters. The highest BCUT2D eigenvalue weighted by Gasteiger charge is 2.11. The van der Waals surface area contributed by atoms with Crippen molar-refractivity contribution in [2.24, 2.45) is 0 Å². The minimum Gasteiger partial charge on any atom is -0.326 e. The summed E-state index contributed by atoms with van der Waals surface area (Å²) in [5.41, 5.74) is 2.65. The third kappa shape index (κ3) is 4.15. The Morgan fingerprint density at radius 3 is 2.67 bits per heavy atom. The summed E-state index contributed by atoms with van der Waals surface area (Å²) in [6.45, 7) is 4.26. The molecule has 21 heavy (non-hydrogen) atoms. The second-order valence-corrected chi connectivity index (χ2v) is 5.25. The highest BCUT2D eigenvalue weighted by Crippen LogP contribution is 2.26. The third-order valence-electron chi connectivity index (χ3n) is 3.63. The van der Waals surface area contributed by atoms with Gasteiger partial charge < -0.3 is 5.32 Å². The van der Waals surface area contributed by atoms with E-state index in [0.29, 0.717) is 11.5 Å². The molecule has 0 aliphatic carbocycles. The maximum absolute atomic E-state index is 13.1. The minimum absolute atomic E-state index is 0.128. The smallest absolute Gasteiger partial charge is 0.228 e. The van der Waals surface area contributed by atoms with Gasteiger partial charge in [-0.05, 0) is 41.7 Å². The Balaban J connectivity index is 2.09. The molecule has 0 saturated heterocycles. The number of halogens is 1. The van der Waals surface area contributed by atoms with Gasteiger partial charge in [-0.15, -0.1) is 0 Å². The normalized spacial score (nSPS) is 12.0. The first kappa shape index (κ1) is 15.2. The molecule has 0 aromatic heterocycles. The topological polar surface area (TPSA) is 29.1 Å². The average molecular weight is 285 g/mol. The quantitative estimate of drug-likeness (QED) is 0.859. The number of hydrogen-bond donors (Lipinski definition) is 1. The summed E-state index contributed by atoms with van der Waals surface area (Å²) in [6.07, 6.45) is 1.18. The van der Waals surface area contributed by atoms with Crippen molar-refractivity contribution in [3.05, 3.63) is 65.5 Å². The summed E-state index contributed by atoms with van der Waals surface area (Å²) in [6, 6.07) is 14.0. The fourth-order valence-corrected chi connectivity index (χ4v) is 2.29. The zero-order chi connectivity index (χ0) is 15.2. The van der Waals surface area contributed by atoms with E-state index in [0.717, 1.165) is 17.7 Å². The van der Waals surface area contributed by atoms with Gasteiger partial charge in [0.05, 0.1) is 6.42 Å². The van der Waals surface area contributed by atoms with Crippen LogP contribution in [0.15, 0.2) is 48.5 Å². The number of rotatable bonds is 5. The Hall–Kier alpha value is -2.16. The molecule has 0 radical (unpaired) electrons. The first-order valence-electron chi connectivity index (χ1n) is 7.23. The van der Waals surface area contributed by atoms with Crippen molar-refractivity contribution in [3.8, 4) is 0 Å². The van der Waals surface area contributed by atoms with E-state index < -0.39 is 0 Å². The van der Waals surface area contributed by atoms with Gasteiger partial charge >= 0.3 is 0 Å². The fourth-order valence-electron chi connectivity index (χ4n) is 2.29. The first-order chi connectivity index (χ1) is 10.1. The van der Waals surface area contributed by atoms with E-state index >= 15 is 0 Å². The number of carbonyl (C=O) groups excluding carboxylic acids is 1. The van der Waals surface area contributed by atoms with E-state index in [2.05, 4.69) is 19.2 Å². The zero-order valence-corrected chi connectivity index (χ0v) is 12.4. The summed E-state index contributed by atoms with van der Waals surface area (Å²) in [5, 5.41) is 2.93. The second-order valence-electron chi connectivity index (χ2n) is 5.25. The monoisotopic (exact) mass is 285 g/mol. The van der Waals surface area contributed by atoms with Crippen molar-refractivity contribution in [2.75, 3.05) is 5.32 Å². The molecule has 1 N–H and O–H groups in total. The molecule has 0 heterocycles. The van der Waals surface area contributed by atoms with Crippen LogP contribution in [0.2, 0.25) is 0 Å². The molecule has 1 atom stereocenters. The van der Waals surface area contributed by atoms with Gasteiger partial charge in [-0.1, -0.05) is 44.2 Å². The lowest BCUT2D eigenvalue weighted by Gasteiger charge is -2.15. The molecule has 2 aromatic rings. The largest absolute Gasteiger partial charge is 0.326 e. The number of nitrogens with one attached hydrogen (secondary N) is 1. The molecule has 0 spiro atoms. The SMILES string of the molecule is CC[C@H](C)c1ccccc1NC(=O)Cc1cccc(F)c1. The molecule has 2 rings (SSSR count). The highest BCUT2D eigenvalue weighted by atomic mass is 19.1. The fraction of sp³-hybridized carbons (Fsp3) is 0.278. The third-order valence-corrected chi connectivity index (χ3v) is 3.63. The molecule has 110 valence electrons. The summed E-state index contributed by atoms with van der Waals surface area (Å²) in [7, 11) is 0. The molecule has 2 aromatic carbocycles. The maximum atomic E-state index is 13.1. The van der Waals surface area contributed by atoms with Crippen molar-refractivity contribution in [1.29, 1.82) is 0 Å². The van der Waals surface area contributed by atoms with Crippen LogP contribution in [0.25, 0.3) is 0 Å². The highest BCUT2D eigenvalue weighted by molar-refractivity contribution is 5.93. The summed E-state index contributed by atoms with van der Waals surface area (Å²) in [5.74, 6) is -0.0627. The van der Waals surface area contributed by atoms with Crippen LogP contribution < -0.4 is 5.32 Å². The lowest BCUT2D eigenvalue weighted by molar-refractivity contribution is -0.115. The number of amides is 1. The van der Waals surface area contributed by atoms with Gasteiger partial charge in [-0.25, -0.2) is 4.39 Å². The van der Waals surface area contributed by atoms with Crippen LogP contribution in [0.4, 0.5) is 10.1 Å². The predicted octanol–water partition coefficient (Wildman–Crippen LogP) is 4.52. The Bertz CT molecular complexity index is 624. The number of carbonyl (C=O) groups is 1. The van der Waals surface area contributed by atoms with E-state index in [9.17, 15) is 9.18 Å². The van der Waals surface area contributed by atoms with E-state index in [1.807, 2.05) is 24.3 Å². The maximum Gasteiger partial charge on any atom is 0.228 e. The van der Waals surface area contributed by atoms with Gasteiger partial charge in [0, 0.05) is 5.69 Å². The summed E-state index contributed by atoms with van der Waals surface area (Å²) < 4.78 is 13.1. The van der Waals surface area contributed by atoms with Crippen molar-refractivity contribution < 1.29 is 9.18 Å². The Kier molecular flexibility index (Phi) is 5.09. The van der Waals surface area contributed by atoms with Crippen molar-refractivity contribution in [1.82, 2.24) is 0 Å². The predicted molar refractivity (Wildman–Crippen MR) is 83.9 cm³/mol. The number of benzene rings is 2. The van der Waals surface area contributed by atoms with Crippen LogP contribution in [0, 0.1) is 5.82 Å². The molecule has 0 fully saturated rings. The van der Waals surface area contributed by atoms with Gasteiger partial charge in [-0.3, -0.25) is 4.79 Å². The zero-order valence-electron chi connectivity index (χ0n) is 12.4. The van der Waals surface area contributed by atoms with Crippen molar-refractivity contribution >= 4 is 11.6 Å². The van der Waals surface area contributed by atoms with Gasteiger partial charge in [0.1, 0.15) is 5.82 Å². The van der Waals surface area contributed by atoms with Crippen LogP contribution in [0.3, 0.4) is 0 Å². The Morgan fingerprint density at radius 1 is 1.19 bits per heavy atom. The van der Waals surface area contributed by atoms with Crippen molar-refractivity contribution in [3.63, 3.8) is 0 Å². The van der Waals surface area contributed by atoms with Crippen molar-refractivity contribution in [2.45, 2.75) is 32.6 Å². The van der Waals surface area contributed by atoms with Gasteiger partial charge in [0.2, 0.25) is 5.91 Å². The number of anilines is 1. The summed E-state index contributed by atoms with van der Waals surface area (Å²) >= 11 is 0. The lowest BCUT2D eigenvalue weighted by atomic mass is 9.97. The number of para-hydroxylation sites is 1. The van der Waals surface area contributed by atoms with E-state index in [1.165, 1.54) is 12.1 Å². The molecule has 0 bridgehead atoms. The molecule has 3 heteroatoms. The molecular formula is C18H20FNO. The second kappa shape index (κ2) is 7.02. The molecule has 0 aliphatic heterocycles. The molecule has 1 amide bonds. The van der Waals surface area contributed by atoms with Crippen LogP contribution in [-0.4, -0.2) is 5.91 Å². The molecule has 0 saturated carbocycles. The number of hydrogen-bond acceptors (Lipinski definition) is 1. The lowest BCUT2D eigenvalue weighted by Crippen LogP contribution is -2.16. The van der Waals surface area contributed by atoms with Crippen LogP contribution >= 0.6 is 0 Å². The van der Waals surface area contributed by atoms with Gasteiger partial charge in [0.25, 0.3) is 0 Å². The summed E-state index contributed by atoms with van der Waals surface area (Å²) in [4.78, 5) is 12.1. The average Bonchev–Trinajstić information content (AvgIpc) is 2.47. The molecular weight excluding hydrogens is 265 g/mol.